The van der Waals surface area contributed by atoms with E-state index < -0.39 is 0 Å². The van der Waals surface area contributed by atoms with Gasteiger partial charge in [0.05, 0.1) is 18.0 Å². The Morgan fingerprint density at radius 2 is 2.12 bits per heavy atom. The second kappa shape index (κ2) is 9.43. The number of carbonyl (C=O) groups is 2. The first-order chi connectivity index (χ1) is 12.7. The minimum atomic E-state index is 0.0405. The molecule has 1 N–H and O–H groups in total. The maximum absolute atomic E-state index is 12.4. The smallest absolute Gasteiger partial charge is 0.273 e. The molecule has 2 amide bonds. The highest BCUT2D eigenvalue weighted by Crippen LogP contribution is 2.24. The van der Waals surface area contributed by atoms with E-state index in [0.29, 0.717) is 24.9 Å². The molecule has 26 heavy (non-hydrogen) atoms. The van der Waals surface area contributed by atoms with Crippen LogP contribution < -0.4 is 5.32 Å². The summed E-state index contributed by atoms with van der Waals surface area (Å²) in [6.07, 6.45) is 3.94. The molecule has 0 spiro atoms. The molecular formula is C18H28N4O3S. The average molecular weight is 381 g/mol. The molecule has 0 aliphatic carbocycles. The standard InChI is InChI=1S/C18H28N4O3S/c1-25-10-6-19-17(23)14-3-2-7-22(11-14)15-4-8-21(9-5-15)18(24)16-12-26-13-20-16/h12-15H,2-11H2,1H3,(H,19,23). The Balaban J connectivity index is 1.46. The van der Waals surface area contributed by atoms with Crippen molar-refractivity contribution in [3.05, 3.63) is 16.6 Å². The molecule has 2 fully saturated rings. The number of hydrogen-bond donors (Lipinski definition) is 1. The maximum Gasteiger partial charge on any atom is 0.273 e. The Morgan fingerprint density at radius 1 is 1.31 bits per heavy atom. The fraction of sp³-hybridized carbons (Fsp3) is 0.722. The van der Waals surface area contributed by atoms with Gasteiger partial charge in [0.1, 0.15) is 5.69 Å². The zero-order valence-electron chi connectivity index (χ0n) is 15.4. The van der Waals surface area contributed by atoms with E-state index >= 15 is 0 Å². The molecule has 3 rings (SSSR count). The highest BCUT2D eigenvalue weighted by Gasteiger charge is 2.32. The molecule has 1 aromatic rings. The first-order valence-electron chi connectivity index (χ1n) is 9.37. The van der Waals surface area contributed by atoms with Gasteiger partial charge in [-0.3, -0.25) is 14.5 Å². The predicted molar refractivity (Wildman–Crippen MR) is 100 cm³/mol. The van der Waals surface area contributed by atoms with Crippen LogP contribution in [0.15, 0.2) is 10.9 Å². The fourth-order valence-corrected chi connectivity index (χ4v) is 4.41. The van der Waals surface area contributed by atoms with Crippen molar-refractivity contribution in [1.82, 2.24) is 20.1 Å². The van der Waals surface area contributed by atoms with E-state index in [2.05, 4.69) is 15.2 Å². The van der Waals surface area contributed by atoms with Crippen molar-refractivity contribution in [1.29, 1.82) is 0 Å². The van der Waals surface area contributed by atoms with Crippen LogP contribution in [0.4, 0.5) is 0 Å². The monoisotopic (exact) mass is 380 g/mol. The Labute approximate surface area is 158 Å². The van der Waals surface area contributed by atoms with Crippen LogP contribution in [0.25, 0.3) is 0 Å². The van der Waals surface area contributed by atoms with E-state index in [9.17, 15) is 9.59 Å². The molecule has 2 saturated heterocycles. The quantitative estimate of drug-likeness (QED) is 0.751. The van der Waals surface area contributed by atoms with Gasteiger partial charge in [0.25, 0.3) is 5.91 Å². The third kappa shape index (κ3) is 4.81. The molecular weight excluding hydrogens is 352 g/mol. The summed E-state index contributed by atoms with van der Waals surface area (Å²) in [5.41, 5.74) is 2.25. The van der Waals surface area contributed by atoms with Gasteiger partial charge in [-0.15, -0.1) is 11.3 Å². The number of likely N-dealkylation sites (tertiary alicyclic amines) is 2. The summed E-state index contributed by atoms with van der Waals surface area (Å²) in [5.74, 6) is 0.247. The molecule has 7 nitrogen and oxygen atoms in total. The summed E-state index contributed by atoms with van der Waals surface area (Å²) < 4.78 is 4.99. The lowest BCUT2D eigenvalue weighted by Crippen LogP contribution is -2.51. The van der Waals surface area contributed by atoms with Crippen LogP contribution in [0, 0.1) is 5.92 Å². The largest absolute Gasteiger partial charge is 0.383 e. The van der Waals surface area contributed by atoms with Crippen LogP contribution in [0.1, 0.15) is 36.2 Å². The predicted octanol–water partition coefficient (Wildman–Crippen LogP) is 1.22. The van der Waals surface area contributed by atoms with Crippen LogP contribution in [-0.4, -0.2) is 79.1 Å². The molecule has 3 heterocycles. The number of rotatable bonds is 6. The van der Waals surface area contributed by atoms with Crippen LogP contribution >= 0.6 is 11.3 Å². The zero-order valence-corrected chi connectivity index (χ0v) is 16.2. The van der Waals surface area contributed by atoms with Crippen LogP contribution in [0.5, 0.6) is 0 Å². The number of hydrogen-bond acceptors (Lipinski definition) is 6. The van der Waals surface area contributed by atoms with E-state index in [4.69, 9.17) is 4.74 Å². The fourth-order valence-electron chi connectivity index (χ4n) is 3.89. The van der Waals surface area contributed by atoms with Gasteiger partial charge in [0.15, 0.2) is 0 Å². The second-order valence-electron chi connectivity index (χ2n) is 7.01. The summed E-state index contributed by atoms with van der Waals surface area (Å²) in [7, 11) is 1.64. The highest BCUT2D eigenvalue weighted by molar-refractivity contribution is 7.07. The third-order valence-electron chi connectivity index (χ3n) is 5.35. The van der Waals surface area contributed by atoms with Crippen molar-refractivity contribution < 1.29 is 14.3 Å². The lowest BCUT2D eigenvalue weighted by atomic mass is 9.93. The van der Waals surface area contributed by atoms with Crippen molar-refractivity contribution in [3.63, 3.8) is 0 Å². The number of piperidine rings is 2. The van der Waals surface area contributed by atoms with Crippen LogP contribution in [0.3, 0.4) is 0 Å². The molecule has 0 bridgehead atoms. The van der Waals surface area contributed by atoms with Crippen molar-refractivity contribution in [2.75, 3.05) is 46.4 Å². The number of aromatic nitrogens is 1. The van der Waals surface area contributed by atoms with Crippen molar-refractivity contribution >= 4 is 23.2 Å². The van der Waals surface area contributed by atoms with Gasteiger partial charge in [0, 0.05) is 44.7 Å². The van der Waals surface area contributed by atoms with Gasteiger partial charge < -0.3 is 15.0 Å². The molecule has 1 atom stereocenters. The van der Waals surface area contributed by atoms with Crippen molar-refractivity contribution in [2.24, 2.45) is 5.92 Å². The number of nitrogens with one attached hydrogen (secondary N) is 1. The Morgan fingerprint density at radius 3 is 2.81 bits per heavy atom. The number of carbonyl (C=O) groups excluding carboxylic acids is 2. The van der Waals surface area contributed by atoms with Crippen LogP contribution in [-0.2, 0) is 9.53 Å². The minimum Gasteiger partial charge on any atom is -0.383 e. The molecule has 0 saturated carbocycles. The second-order valence-corrected chi connectivity index (χ2v) is 7.73. The minimum absolute atomic E-state index is 0.0405. The maximum atomic E-state index is 12.4. The van der Waals surface area contributed by atoms with E-state index in [1.54, 1.807) is 12.6 Å². The average Bonchev–Trinajstić information content (AvgIpc) is 3.22. The summed E-state index contributed by atoms with van der Waals surface area (Å²) in [6, 6.07) is 0.462. The summed E-state index contributed by atoms with van der Waals surface area (Å²) >= 11 is 1.45. The van der Waals surface area contributed by atoms with Crippen LogP contribution in [0.2, 0.25) is 0 Å². The molecule has 2 aliphatic heterocycles. The normalized spacial score (nSPS) is 22.3. The lowest BCUT2D eigenvalue weighted by molar-refractivity contribution is -0.127. The first-order valence-corrected chi connectivity index (χ1v) is 10.3. The van der Waals surface area contributed by atoms with E-state index in [1.165, 1.54) is 11.3 Å². The number of ether oxygens (including phenoxy) is 1. The van der Waals surface area contributed by atoms with Gasteiger partial charge in [0.2, 0.25) is 5.91 Å². The number of methoxy groups -OCH3 is 1. The lowest BCUT2D eigenvalue weighted by Gasteiger charge is -2.41. The third-order valence-corrected chi connectivity index (χ3v) is 5.94. The van der Waals surface area contributed by atoms with Gasteiger partial charge in [-0.2, -0.15) is 0 Å². The Kier molecular flexibility index (Phi) is 6.99. The first kappa shape index (κ1) is 19.3. The number of amides is 2. The summed E-state index contributed by atoms with van der Waals surface area (Å²) in [5, 5.41) is 4.78. The van der Waals surface area contributed by atoms with Gasteiger partial charge in [-0.05, 0) is 32.2 Å². The molecule has 2 aliphatic rings. The van der Waals surface area contributed by atoms with Gasteiger partial charge >= 0.3 is 0 Å². The van der Waals surface area contributed by atoms with Crippen molar-refractivity contribution in [3.8, 4) is 0 Å². The topological polar surface area (TPSA) is 74.8 Å². The molecule has 144 valence electrons. The number of nitrogens with zero attached hydrogens (tertiary/aromatic N) is 3. The SMILES string of the molecule is COCCNC(=O)C1CCCN(C2CCN(C(=O)c3cscn3)CC2)C1. The highest BCUT2D eigenvalue weighted by atomic mass is 32.1. The molecule has 0 radical (unpaired) electrons. The molecule has 1 aromatic heterocycles. The molecule has 1 unspecified atom stereocenters. The zero-order chi connectivity index (χ0) is 18.4. The van der Waals surface area contributed by atoms with Gasteiger partial charge in [-0.1, -0.05) is 0 Å². The molecule has 0 aromatic carbocycles. The van der Waals surface area contributed by atoms with E-state index in [1.807, 2.05) is 10.3 Å². The molecule has 8 heteroatoms. The summed E-state index contributed by atoms with van der Waals surface area (Å²) in [6.45, 7) is 4.52. The van der Waals surface area contributed by atoms with E-state index in [-0.39, 0.29) is 17.7 Å². The summed E-state index contributed by atoms with van der Waals surface area (Å²) in [4.78, 5) is 33.2. The van der Waals surface area contributed by atoms with Crippen molar-refractivity contribution in [2.45, 2.75) is 31.7 Å². The number of thiazole rings is 1. The Bertz CT molecular complexity index is 587. The van der Waals surface area contributed by atoms with E-state index in [0.717, 1.165) is 51.9 Å². The Hall–Kier alpha value is -1.51. The van der Waals surface area contributed by atoms with Gasteiger partial charge in [-0.25, -0.2) is 4.98 Å².